The molecule has 0 bridgehead atoms. The van der Waals surface area contributed by atoms with Gasteiger partial charge in [0.1, 0.15) is 5.75 Å². The number of benzene rings is 1. The average molecular weight is 359 g/mol. The fourth-order valence-electron chi connectivity index (χ4n) is 2.85. The maximum absolute atomic E-state index is 5.78. The average Bonchev–Trinajstić information content (AvgIpc) is 2.69. The molecular weight excluding hydrogens is 324 g/mol. The van der Waals surface area contributed by atoms with Crippen LogP contribution in [0.1, 0.15) is 78.1 Å². The number of unbranched alkanes of at least 4 members (excludes halogenated alkanes) is 7. The van der Waals surface area contributed by atoms with Gasteiger partial charge in [-0.1, -0.05) is 58.8 Å². The van der Waals surface area contributed by atoms with E-state index in [4.69, 9.17) is 4.74 Å². The molecule has 0 unspecified atom stereocenters. The molecule has 5 nitrogen and oxygen atoms in total. The number of hydrogen-bond acceptors (Lipinski definition) is 5. The molecule has 26 heavy (non-hydrogen) atoms. The number of nitrogens with zero attached hydrogens (tertiary/aromatic N) is 3. The number of hydrazine groups is 1. The summed E-state index contributed by atoms with van der Waals surface area (Å²) in [5, 5.41) is 10.6. The van der Waals surface area contributed by atoms with E-state index in [1.165, 1.54) is 51.4 Å². The lowest BCUT2D eigenvalue weighted by Crippen LogP contribution is -2.34. The topological polar surface area (TPSA) is 49.2 Å². The lowest BCUT2D eigenvalue weighted by Gasteiger charge is -2.21. The zero-order valence-electron chi connectivity index (χ0n) is 16.4. The Labute approximate surface area is 158 Å². The molecule has 0 amide bonds. The van der Waals surface area contributed by atoms with E-state index in [2.05, 4.69) is 29.6 Å². The first kappa shape index (κ1) is 20.3. The quantitative estimate of drug-likeness (QED) is 0.462. The Morgan fingerprint density at radius 2 is 1.58 bits per heavy atom. The fraction of sp³-hybridized carbons (Fsp3) is 0.619. The van der Waals surface area contributed by atoms with Crippen LogP contribution in [-0.4, -0.2) is 18.5 Å². The molecule has 1 aliphatic heterocycles. The van der Waals surface area contributed by atoms with Crippen LogP contribution in [0.15, 0.2) is 34.5 Å². The molecule has 1 aromatic rings. The smallest absolute Gasteiger partial charge is 0.119 e. The number of anilines is 1. The summed E-state index contributed by atoms with van der Waals surface area (Å²) in [5.74, 6) is 0.905. The maximum atomic E-state index is 5.78. The van der Waals surface area contributed by atoms with Gasteiger partial charge in [-0.05, 0) is 43.5 Å². The second-order valence-electron chi connectivity index (χ2n) is 6.83. The standard InChI is InChI=1S/C21H34N4O/c1-3-5-7-9-10-12-19-18-22-25(24-23-19)20-13-15-21(16-14-20)26-17-11-8-6-4-2/h13-16,18,24H,3-12,17H2,1-2H3. The van der Waals surface area contributed by atoms with Crippen molar-refractivity contribution in [3.05, 3.63) is 24.3 Å². The summed E-state index contributed by atoms with van der Waals surface area (Å²) < 4.78 is 5.78. The molecule has 144 valence electrons. The number of nitrogens with one attached hydrogen (secondary N) is 1. The van der Waals surface area contributed by atoms with E-state index in [0.29, 0.717) is 0 Å². The minimum Gasteiger partial charge on any atom is -0.494 e. The first-order chi connectivity index (χ1) is 12.8. The van der Waals surface area contributed by atoms with Gasteiger partial charge in [0.25, 0.3) is 0 Å². The third-order valence-electron chi connectivity index (χ3n) is 4.49. The van der Waals surface area contributed by atoms with E-state index < -0.39 is 0 Å². The molecule has 0 aromatic heterocycles. The monoisotopic (exact) mass is 358 g/mol. The van der Waals surface area contributed by atoms with Gasteiger partial charge in [-0.25, -0.2) is 0 Å². The summed E-state index contributed by atoms with van der Waals surface area (Å²) in [4.78, 5) is 0. The Balaban J connectivity index is 1.69. The SMILES string of the molecule is CCCCCCCC1=NNN(c2ccc(OCCCCCC)cc2)N=C1. The van der Waals surface area contributed by atoms with Crippen LogP contribution in [0, 0.1) is 0 Å². The van der Waals surface area contributed by atoms with Crippen LogP contribution in [-0.2, 0) is 0 Å². The van der Waals surface area contributed by atoms with Crippen LogP contribution in [0.25, 0.3) is 0 Å². The van der Waals surface area contributed by atoms with Gasteiger partial charge in [0.15, 0.2) is 0 Å². The lowest BCUT2D eigenvalue weighted by molar-refractivity contribution is 0.305. The largest absolute Gasteiger partial charge is 0.494 e. The molecule has 0 saturated carbocycles. The Bertz CT molecular complexity index is 554. The van der Waals surface area contributed by atoms with E-state index in [9.17, 15) is 0 Å². The van der Waals surface area contributed by atoms with Crippen molar-refractivity contribution in [2.24, 2.45) is 10.2 Å². The first-order valence-electron chi connectivity index (χ1n) is 10.2. The second kappa shape index (κ2) is 12.3. The number of rotatable bonds is 13. The van der Waals surface area contributed by atoms with Gasteiger partial charge >= 0.3 is 0 Å². The van der Waals surface area contributed by atoms with Crippen molar-refractivity contribution < 1.29 is 4.74 Å². The van der Waals surface area contributed by atoms with Crippen molar-refractivity contribution in [3.63, 3.8) is 0 Å². The van der Waals surface area contributed by atoms with Crippen molar-refractivity contribution in [1.29, 1.82) is 0 Å². The fourth-order valence-corrected chi connectivity index (χ4v) is 2.85. The van der Waals surface area contributed by atoms with E-state index >= 15 is 0 Å². The predicted molar refractivity (Wildman–Crippen MR) is 111 cm³/mol. The molecular formula is C21H34N4O. The Morgan fingerprint density at radius 3 is 2.23 bits per heavy atom. The van der Waals surface area contributed by atoms with E-state index in [-0.39, 0.29) is 0 Å². The van der Waals surface area contributed by atoms with E-state index in [1.807, 2.05) is 30.5 Å². The first-order valence-corrected chi connectivity index (χ1v) is 10.2. The van der Waals surface area contributed by atoms with Crippen molar-refractivity contribution in [2.75, 3.05) is 11.7 Å². The highest BCUT2D eigenvalue weighted by Crippen LogP contribution is 2.20. The maximum Gasteiger partial charge on any atom is 0.119 e. The lowest BCUT2D eigenvalue weighted by atomic mass is 10.1. The van der Waals surface area contributed by atoms with Gasteiger partial charge in [0.05, 0.1) is 24.2 Å². The third-order valence-corrected chi connectivity index (χ3v) is 4.49. The molecule has 0 saturated heterocycles. The number of hydrazone groups is 2. The van der Waals surface area contributed by atoms with Crippen molar-refractivity contribution in [3.8, 4) is 5.75 Å². The van der Waals surface area contributed by atoms with Crippen LogP contribution in [0.2, 0.25) is 0 Å². The molecule has 0 radical (unpaired) electrons. The van der Waals surface area contributed by atoms with Gasteiger partial charge in [0.2, 0.25) is 0 Å². The van der Waals surface area contributed by atoms with Crippen molar-refractivity contribution in [2.45, 2.75) is 78.1 Å². The highest BCUT2D eigenvalue weighted by molar-refractivity contribution is 6.31. The van der Waals surface area contributed by atoms with Gasteiger partial charge in [0, 0.05) is 0 Å². The predicted octanol–water partition coefficient (Wildman–Crippen LogP) is 5.67. The molecule has 0 aliphatic carbocycles. The zero-order chi connectivity index (χ0) is 18.5. The molecule has 1 aliphatic rings. The van der Waals surface area contributed by atoms with Crippen LogP contribution in [0.5, 0.6) is 5.75 Å². The van der Waals surface area contributed by atoms with Gasteiger partial charge in [-0.15, -0.1) is 0 Å². The highest BCUT2D eigenvalue weighted by atomic mass is 16.5. The summed E-state index contributed by atoms with van der Waals surface area (Å²) in [5.41, 5.74) is 4.97. The molecule has 1 aromatic carbocycles. The number of hydrogen-bond donors (Lipinski definition) is 1. The van der Waals surface area contributed by atoms with E-state index in [1.54, 1.807) is 5.12 Å². The summed E-state index contributed by atoms with van der Waals surface area (Å²) in [6.45, 7) is 5.24. The molecule has 0 fully saturated rings. The Morgan fingerprint density at radius 1 is 0.885 bits per heavy atom. The Hall–Kier alpha value is -2.04. The highest BCUT2D eigenvalue weighted by Gasteiger charge is 2.09. The van der Waals surface area contributed by atoms with E-state index in [0.717, 1.165) is 36.6 Å². The summed E-state index contributed by atoms with van der Waals surface area (Å²) >= 11 is 0. The van der Waals surface area contributed by atoms with Crippen LogP contribution >= 0.6 is 0 Å². The summed E-state index contributed by atoms with van der Waals surface area (Å²) in [7, 11) is 0. The third kappa shape index (κ3) is 7.46. The molecule has 0 atom stereocenters. The Kier molecular flexibility index (Phi) is 9.62. The summed E-state index contributed by atoms with van der Waals surface area (Å²) in [6, 6.07) is 7.96. The molecule has 2 rings (SSSR count). The van der Waals surface area contributed by atoms with Crippen LogP contribution in [0.4, 0.5) is 5.69 Å². The van der Waals surface area contributed by atoms with Gasteiger partial charge in [-0.3, -0.25) is 0 Å². The van der Waals surface area contributed by atoms with Gasteiger partial charge in [-0.2, -0.15) is 20.9 Å². The van der Waals surface area contributed by atoms with Crippen molar-refractivity contribution in [1.82, 2.24) is 5.53 Å². The van der Waals surface area contributed by atoms with Crippen LogP contribution in [0.3, 0.4) is 0 Å². The minimum atomic E-state index is 0.783. The molecule has 0 spiro atoms. The summed E-state index contributed by atoms with van der Waals surface area (Å²) in [6.07, 6.45) is 14.1. The van der Waals surface area contributed by atoms with Gasteiger partial charge < -0.3 is 4.74 Å². The normalized spacial score (nSPS) is 13.5. The molecule has 1 heterocycles. The molecule has 5 heteroatoms. The van der Waals surface area contributed by atoms with Crippen LogP contribution < -0.4 is 15.4 Å². The minimum absolute atomic E-state index is 0.783. The molecule has 1 N–H and O–H groups in total. The van der Waals surface area contributed by atoms with Crippen molar-refractivity contribution >= 4 is 17.6 Å². The number of ether oxygens (including phenoxy) is 1. The second-order valence-corrected chi connectivity index (χ2v) is 6.83. The zero-order valence-corrected chi connectivity index (χ0v) is 16.4.